The zero-order valence-corrected chi connectivity index (χ0v) is 11.9. The van der Waals surface area contributed by atoms with E-state index in [1.165, 1.54) is 17.8 Å². The van der Waals surface area contributed by atoms with Crippen LogP contribution in [0.3, 0.4) is 0 Å². The van der Waals surface area contributed by atoms with Crippen LogP contribution < -0.4 is 5.32 Å². The van der Waals surface area contributed by atoms with Gasteiger partial charge in [-0.05, 0) is 20.3 Å². The summed E-state index contributed by atoms with van der Waals surface area (Å²) >= 11 is 0. The maximum atomic E-state index is 5.84. The van der Waals surface area contributed by atoms with Crippen LogP contribution in [-0.2, 0) is 11.8 Å². The van der Waals surface area contributed by atoms with Crippen molar-refractivity contribution < 1.29 is 4.74 Å². The SMILES string of the molecule is Cc1nn(C)c(C)c1NC1C2CCOC2C1(C)C. The standard InChI is InChI=1S/C14H23N3O/c1-8-11(9(2)17(5)16-8)15-12-10-6-7-18-13(10)14(12,3)4/h10,12-13,15H,6-7H2,1-5H3. The monoisotopic (exact) mass is 249 g/mol. The first-order valence-electron chi connectivity index (χ1n) is 6.81. The third kappa shape index (κ3) is 1.44. The molecule has 1 aromatic rings. The molecule has 1 saturated heterocycles. The van der Waals surface area contributed by atoms with Crippen molar-refractivity contribution in [3.63, 3.8) is 0 Å². The van der Waals surface area contributed by atoms with Gasteiger partial charge in [0.15, 0.2) is 0 Å². The topological polar surface area (TPSA) is 39.1 Å². The molecule has 3 atom stereocenters. The summed E-state index contributed by atoms with van der Waals surface area (Å²) in [4.78, 5) is 0. The molecule has 0 aromatic carbocycles. The molecule has 2 aliphatic rings. The van der Waals surface area contributed by atoms with E-state index in [4.69, 9.17) is 4.74 Å². The maximum Gasteiger partial charge on any atom is 0.0827 e. The first-order chi connectivity index (χ1) is 8.43. The summed E-state index contributed by atoms with van der Waals surface area (Å²) in [5, 5.41) is 8.21. The minimum Gasteiger partial charge on any atom is -0.378 e. The van der Waals surface area contributed by atoms with Crippen LogP contribution in [-0.4, -0.2) is 28.5 Å². The van der Waals surface area contributed by atoms with Crippen LogP contribution in [0.4, 0.5) is 5.69 Å². The lowest BCUT2D eigenvalue weighted by Gasteiger charge is -2.55. The van der Waals surface area contributed by atoms with Gasteiger partial charge in [-0.25, -0.2) is 0 Å². The van der Waals surface area contributed by atoms with E-state index < -0.39 is 0 Å². The van der Waals surface area contributed by atoms with Crippen LogP contribution in [0.5, 0.6) is 0 Å². The van der Waals surface area contributed by atoms with Gasteiger partial charge in [-0.3, -0.25) is 4.68 Å². The average Bonchev–Trinajstić information content (AvgIpc) is 2.83. The van der Waals surface area contributed by atoms with Crippen molar-refractivity contribution in [1.29, 1.82) is 0 Å². The molecule has 1 aliphatic heterocycles. The molecular formula is C14H23N3O. The molecule has 3 rings (SSSR count). The number of aryl methyl sites for hydroxylation is 2. The number of nitrogens with zero attached hydrogens (tertiary/aromatic N) is 2. The van der Waals surface area contributed by atoms with Gasteiger partial charge in [0.25, 0.3) is 0 Å². The minimum absolute atomic E-state index is 0.218. The highest BCUT2D eigenvalue weighted by Gasteiger charge is 2.59. The highest BCUT2D eigenvalue weighted by atomic mass is 16.5. The first kappa shape index (κ1) is 12.0. The highest BCUT2D eigenvalue weighted by Crippen LogP contribution is 2.53. The van der Waals surface area contributed by atoms with Crippen LogP contribution in [0.25, 0.3) is 0 Å². The predicted molar refractivity (Wildman–Crippen MR) is 71.7 cm³/mol. The molecule has 4 nitrogen and oxygen atoms in total. The Morgan fingerprint density at radius 3 is 2.72 bits per heavy atom. The molecule has 3 unspecified atom stereocenters. The Bertz CT molecular complexity index is 478. The number of nitrogens with one attached hydrogen (secondary N) is 1. The third-order valence-electron chi connectivity index (χ3n) is 4.91. The van der Waals surface area contributed by atoms with Gasteiger partial charge < -0.3 is 10.1 Å². The molecule has 2 heterocycles. The molecule has 1 saturated carbocycles. The number of aromatic nitrogens is 2. The quantitative estimate of drug-likeness (QED) is 0.874. The Balaban J connectivity index is 1.85. The number of hydrogen-bond acceptors (Lipinski definition) is 3. The Morgan fingerprint density at radius 2 is 2.11 bits per heavy atom. The summed E-state index contributed by atoms with van der Waals surface area (Å²) < 4.78 is 7.79. The van der Waals surface area contributed by atoms with Crippen LogP contribution in [0.1, 0.15) is 31.7 Å². The summed E-state index contributed by atoms with van der Waals surface area (Å²) in [5.74, 6) is 0.666. The van der Waals surface area contributed by atoms with Gasteiger partial charge >= 0.3 is 0 Å². The van der Waals surface area contributed by atoms with Gasteiger partial charge in [-0.1, -0.05) is 13.8 Å². The first-order valence-corrected chi connectivity index (χ1v) is 6.81. The van der Waals surface area contributed by atoms with Crippen molar-refractivity contribution >= 4 is 5.69 Å². The zero-order valence-electron chi connectivity index (χ0n) is 11.9. The second-order valence-electron chi connectivity index (χ2n) is 6.36. The Hall–Kier alpha value is -1.03. The molecule has 100 valence electrons. The summed E-state index contributed by atoms with van der Waals surface area (Å²) in [5.41, 5.74) is 3.73. The average molecular weight is 249 g/mol. The molecular weight excluding hydrogens is 226 g/mol. The van der Waals surface area contributed by atoms with Crippen molar-refractivity contribution in [2.45, 2.75) is 46.3 Å². The van der Waals surface area contributed by atoms with Crippen molar-refractivity contribution in [1.82, 2.24) is 9.78 Å². The van der Waals surface area contributed by atoms with E-state index in [9.17, 15) is 0 Å². The molecule has 0 bridgehead atoms. The van der Waals surface area contributed by atoms with Gasteiger partial charge in [-0.2, -0.15) is 5.10 Å². The lowest BCUT2D eigenvalue weighted by molar-refractivity contribution is -0.0923. The molecule has 2 fully saturated rings. The number of fused-ring (bicyclic) bond motifs is 1. The molecule has 0 amide bonds. The van der Waals surface area contributed by atoms with Gasteiger partial charge in [0, 0.05) is 31.0 Å². The summed E-state index contributed by atoms with van der Waals surface area (Å²) in [6.07, 6.45) is 1.62. The number of rotatable bonds is 2. The lowest BCUT2D eigenvalue weighted by atomic mass is 9.57. The largest absolute Gasteiger partial charge is 0.378 e. The Labute approximate surface area is 109 Å². The van der Waals surface area contributed by atoms with Crippen molar-refractivity contribution in [2.24, 2.45) is 18.4 Å². The third-order valence-corrected chi connectivity index (χ3v) is 4.91. The van der Waals surface area contributed by atoms with Gasteiger partial charge in [0.1, 0.15) is 0 Å². The zero-order chi connectivity index (χ0) is 13.1. The van der Waals surface area contributed by atoms with E-state index in [2.05, 4.69) is 38.1 Å². The number of ether oxygens (including phenoxy) is 1. The fourth-order valence-corrected chi connectivity index (χ4v) is 3.76. The van der Waals surface area contributed by atoms with E-state index in [0.29, 0.717) is 18.1 Å². The number of anilines is 1. The van der Waals surface area contributed by atoms with Crippen LogP contribution in [0.2, 0.25) is 0 Å². The molecule has 0 radical (unpaired) electrons. The minimum atomic E-state index is 0.218. The molecule has 1 aromatic heterocycles. The fraction of sp³-hybridized carbons (Fsp3) is 0.786. The fourth-order valence-electron chi connectivity index (χ4n) is 3.76. The predicted octanol–water partition coefficient (Wildman–Crippen LogP) is 2.26. The van der Waals surface area contributed by atoms with Gasteiger partial charge in [0.2, 0.25) is 0 Å². The molecule has 1 aliphatic carbocycles. The molecule has 1 N–H and O–H groups in total. The summed E-state index contributed by atoms with van der Waals surface area (Å²) in [6, 6.07) is 0.506. The van der Waals surface area contributed by atoms with Gasteiger partial charge in [0.05, 0.1) is 23.2 Å². The molecule has 4 heteroatoms. The van der Waals surface area contributed by atoms with E-state index in [1.807, 2.05) is 11.7 Å². The van der Waals surface area contributed by atoms with Crippen LogP contribution >= 0.6 is 0 Å². The van der Waals surface area contributed by atoms with Crippen LogP contribution in [0.15, 0.2) is 0 Å². The van der Waals surface area contributed by atoms with Crippen molar-refractivity contribution in [3.05, 3.63) is 11.4 Å². The summed E-state index contributed by atoms with van der Waals surface area (Å²) in [6.45, 7) is 9.72. The lowest BCUT2D eigenvalue weighted by Crippen LogP contribution is -2.63. The van der Waals surface area contributed by atoms with E-state index >= 15 is 0 Å². The van der Waals surface area contributed by atoms with Gasteiger partial charge in [-0.15, -0.1) is 0 Å². The second-order valence-corrected chi connectivity index (χ2v) is 6.36. The van der Waals surface area contributed by atoms with E-state index in [1.54, 1.807) is 0 Å². The smallest absolute Gasteiger partial charge is 0.0827 e. The molecule has 18 heavy (non-hydrogen) atoms. The second kappa shape index (κ2) is 3.73. The highest BCUT2D eigenvalue weighted by molar-refractivity contribution is 5.54. The summed E-state index contributed by atoms with van der Waals surface area (Å²) in [7, 11) is 2.00. The number of hydrogen-bond donors (Lipinski definition) is 1. The van der Waals surface area contributed by atoms with Crippen molar-refractivity contribution in [3.8, 4) is 0 Å². The van der Waals surface area contributed by atoms with Crippen LogP contribution in [0, 0.1) is 25.2 Å². The Kier molecular flexibility index (Phi) is 2.49. The Morgan fingerprint density at radius 1 is 1.39 bits per heavy atom. The maximum absolute atomic E-state index is 5.84. The normalized spacial score (nSPS) is 33.1. The van der Waals surface area contributed by atoms with E-state index in [-0.39, 0.29) is 5.41 Å². The van der Waals surface area contributed by atoms with Crippen molar-refractivity contribution in [2.75, 3.05) is 11.9 Å². The molecule has 0 spiro atoms. The van der Waals surface area contributed by atoms with E-state index in [0.717, 1.165) is 12.3 Å².